The van der Waals surface area contributed by atoms with E-state index in [-0.39, 0.29) is 12.2 Å². The number of hydrogen-bond donors (Lipinski definition) is 2. The number of hydrogen-bond acceptors (Lipinski definition) is 5. The summed E-state index contributed by atoms with van der Waals surface area (Å²) < 4.78 is 7.51. The molecular formula is C23H26N2O4. The summed E-state index contributed by atoms with van der Waals surface area (Å²) in [6.07, 6.45) is 1.20. The number of pyridine rings is 1. The maximum absolute atomic E-state index is 11.7. The van der Waals surface area contributed by atoms with Crippen LogP contribution in [0.4, 0.5) is 0 Å². The summed E-state index contributed by atoms with van der Waals surface area (Å²) in [5, 5.41) is 22.1. The third-order valence-electron chi connectivity index (χ3n) is 5.31. The summed E-state index contributed by atoms with van der Waals surface area (Å²) >= 11 is 0. The predicted octanol–water partition coefficient (Wildman–Crippen LogP) is 2.01. The van der Waals surface area contributed by atoms with Crippen LogP contribution in [-0.4, -0.2) is 57.6 Å². The lowest BCUT2D eigenvalue weighted by molar-refractivity contribution is -0.0978. The number of ether oxygens (including phenoxy) is 1. The van der Waals surface area contributed by atoms with Gasteiger partial charge in [-0.05, 0) is 41.6 Å². The van der Waals surface area contributed by atoms with E-state index in [2.05, 4.69) is 0 Å². The highest BCUT2D eigenvalue weighted by molar-refractivity contribution is 6.00. The number of rotatable bonds is 6. The van der Waals surface area contributed by atoms with Gasteiger partial charge in [-0.15, -0.1) is 0 Å². The van der Waals surface area contributed by atoms with Crippen molar-refractivity contribution in [1.29, 1.82) is 0 Å². The first kappa shape index (κ1) is 19.6. The van der Waals surface area contributed by atoms with Crippen molar-refractivity contribution in [1.82, 2.24) is 9.47 Å². The zero-order valence-electron chi connectivity index (χ0n) is 16.7. The van der Waals surface area contributed by atoms with Gasteiger partial charge in [0.05, 0.1) is 5.60 Å². The fourth-order valence-corrected chi connectivity index (χ4v) is 3.99. The standard InChI is InChI=1S/C23H26N2O4/c1-23(28)14-25(15-23)12-17(26)13-29-21-9-8-18(19-5-3-4-6-20(19)21)16-7-10-22(27)24(2)11-16/h3-11,17,26,28H,12-15H2,1-2H3. The molecule has 2 aromatic carbocycles. The zero-order chi connectivity index (χ0) is 20.6. The van der Waals surface area contributed by atoms with Crippen molar-refractivity contribution < 1.29 is 14.9 Å². The highest BCUT2D eigenvalue weighted by Gasteiger charge is 2.37. The van der Waals surface area contributed by atoms with Crippen LogP contribution in [0.1, 0.15) is 6.92 Å². The Morgan fingerprint density at radius 3 is 2.52 bits per heavy atom. The molecule has 1 saturated heterocycles. The molecule has 0 saturated carbocycles. The molecule has 152 valence electrons. The number of β-amino-alcohol motifs (C(OH)–C–C–N with tert-alkyl or cyclic N) is 2. The maximum Gasteiger partial charge on any atom is 0.250 e. The smallest absolute Gasteiger partial charge is 0.250 e. The molecule has 3 aromatic rings. The minimum atomic E-state index is -0.645. The minimum Gasteiger partial charge on any atom is -0.490 e. The molecule has 6 nitrogen and oxygen atoms in total. The normalized spacial score (nSPS) is 17.1. The average molecular weight is 394 g/mol. The number of aliphatic hydroxyl groups is 2. The second-order valence-electron chi connectivity index (χ2n) is 8.16. The van der Waals surface area contributed by atoms with Crippen LogP contribution >= 0.6 is 0 Å². The molecule has 0 spiro atoms. The van der Waals surface area contributed by atoms with Crippen LogP contribution in [0, 0.1) is 0 Å². The van der Waals surface area contributed by atoms with E-state index in [9.17, 15) is 15.0 Å². The van der Waals surface area contributed by atoms with Crippen LogP contribution in [0.2, 0.25) is 0 Å². The van der Waals surface area contributed by atoms with Gasteiger partial charge in [0, 0.05) is 44.3 Å². The first-order valence-electron chi connectivity index (χ1n) is 9.77. The summed E-state index contributed by atoms with van der Waals surface area (Å²) in [6, 6.07) is 15.2. The van der Waals surface area contributed by atoms with Gasteiger partial charge in [-0.1, -0.05) is 24.3 Å². The first-order chi connectivity index (χ1) is 13.8. The molecule has 1 atom stereocenters. The lowest BCUT2D eigenvalue weighted by atomic mass is 9.97. The molecule has 0 aliphatic carbocycles. The van der Waals surface area contributed by atoms with E-state index < -0.39 is 11.7 Å². The third-order valence-corrected chi connectivity index (χ3v) is 5.31. The van der Waals surface area contributed by atoms with E-state index in [4.69, 9.17) is 4.74 Å². The Kier molecular flexibility index (Phi) is 5.17. The van der Waals surface area contributed by atoms with Crippen LogP contribution < -0.4 is 10.3 Å². The highest BCUT2D eigenvalue weighted by Crippen LogP contribution is 2.34. The second-order valence-corrected chi connectivity index (χ2v) is 8.16. The monoisotopic (exact) mass is 394 g/mol. The van der Waals surface area contributed by atoms with E-state index in [1.54, 1.807) is 24.6 Å². The predicted molar refractivity (Wildman–Crippen MR) is 113 cm³/mol. The zero-order valence-corrected chi connectivity index (χ0v) is 16.7. The van der Waals surface area contributed by atoms with Crippen LogP contribution in [0.25, 0.3) is 21.9 Å². The summed E-state index contributed by atoms with van der Waals surface area (Å²) in [7, 11) is 1.74. The molecule has 0 radical (unpaired) electrons. The van der Waals surface area contributed by atoms with Crippen LogP contribution in [0.3, 0.4) is 0 Å². The SMILES string of the molecule is Cn1cc(-c2ccc(OCC(O)CN3CC(C)(O)C3)c3ccccc23)ccc1=O. The highest BCUT2D eigenvalue weighted by atomic mass is 16.5. The molecule has 2 heterocycles. The van der Waals surface area contributed by atoms with Crippen molar-refractivity contribution in [2.24, 2.45) is 7.05 Å². The van der Waals surface area contributed by atoms with Crippen LogP contribution in [0.15, 0.2) is 59.5 Å². The van der Waals surface area contributed by atoms with Gasteiger partial charge >= 0.3 is 0 Å². The summed E-state index contributed by atoms with van der Waals surface area (Å²) in [4.78, 5) is 13.7. The van der Waals surface area contributed by atoms with Gasteiger partial charge in [-0.25, -0.2) is 0 Å². The largest absolute Gasteiger partial charge is 0.490 e. The molecule has 1 unspecified atom stereocenters. The van der Waals surface area contributed by atoms with Crippen molar-refractivity contribution in [2.75, 3.05) is 26.2 Å². The fourth-order valence-electron chi connectivity index (χ4n) is 3.99. The lowest BCUT2D eigenvalue weighted by Gasteiger charge is -2.44. The van der Waals surface area contributed by atoms with Crippen molar-refractivity contribution in [2.45, 2.75) is 18.6 Å². The maximum atomic E-state index is 11.7. The number of aryl methyl sites for hydroxylation is 1. The van der Waals surface area contributed by atoms with E-state index in [0.717, 1.165) is 21.9 Å². The van der Waals surface area contributed by atoms with Gasteiger partial charge in [0.15, 0.2) is 0 Å². The van der Waals surface area contributed by atoms with Gasteiger partial charge in [0.25, 0.3) is 0 Å². The summed E-state index contributed by atoms with van der Waals surface area (Å²) in [5.74, 6) is 0.712. The van der Waals surface area contributed by atoms with Crippen LogP contribution in [0.5, 0.6) is 5.75 Å². The molecule has 1 aromatic heterocycles. The summed E-state index contributed by atoms with van der Waals surface area (Å²) in [5.41, 5.74) is 1.29. The molecule has 6 heteroatoms. The Balaban J connectivity index is 1.54. The van der Waals surface area contributed by atoms with Crippen molar-refractivity contribution >= 4 is 10.8 Å². The van der Waals surface area contributed by atoms with Crippen molar-refractivity contribution in [3.05, 3.63) is 65.1 Å². The Morgan fingerprint density at radius 1 is 1.10 bits per heavy atom. The van der Waals surface area contributed by atoms with E-state index in [1.165, 1.54) is 0 Å². The van der Waals surface area contributed by atoms with E-state index in [0.29, 0.717) is 25.4 Å². The number of aromatic nitrogens is 1. The molecule has 2 N–H and O–H groups in total. The number of benzene rings is 2. The Hall–Kier alpha value is -2.67. The quantitative estimate of drug-likeness (QED) is 0.669. The molecule has 1 aliphatic rings. The van der Waals surface area contributed by atoms with Crippen LogP contribution in [-0.2, 0) is 7.05 Å². The van der Waals surface area contributed by atoms with Gasteiger partial charge in [-0.3, -0.25) is 9.69 Å². The van der Waals surface area contributed by atoms with Gasteiger partial charge in [0.1, 0.15) is 18.5 Å². The lowest BCUT2D eigenvalue weighted by Crippen LogP contribution is -2.61. The van der Waals surface area contributed by atoms with Gasteiger partial charge in [-0.2, -0.15) is 0 Å². The summed E-state index contributed by atoms with van der Waals surface area (Å²) in [6.45, 7) is 3.60. The molecule has 0 bridgehead atoms. The molecular weight excluding hydrogens is 368 g/mol. The Morgan fingerprint density at radius 2 is 1.83 bits per heavy atom. The van der Waals surface area contributed by atoms with E-state index >= 15 is 0 Å². The van der Waals surface area contributed by atoms with Crippen molar-refractivity contribution in [3.63, 3.8) is 0 Å². The Labute approximate surface area is 169 Å². The molecule has 1 fully saturated rings. The van der Waals surface area contributed by atoms with Crippen molar-refractivity contribution in [3.8, 4) is 16.9 Å². The average Bonchev–Trinajstić information content (AvgIpc) is 2.67. The third kappa shape index (κ3) is 4.19. The molecule has 0 amide bonds. The second kappa shape index (κ2) is 7.63. The molecule has 29 heavy (non-hydrogen) atoms. The number of likely N-dealkylation sites (tertiary alicyclic amines) is 1. The molecule has 4 rings (SSSR count). The Bertz CT molecular complexity index is 1080. The number of fused-ring (bicyclic) bond motifs is 1. The molecule has 1 aliphatic heterocycles. The number of nitrogens with zero attached hydrogens (tertiary/aromatic N) is 2. The topological polar surface area (TPSA) is 74.9 Å². The van der Waals surface area contributed by atoms with E-state index in [1.807, 2.05) is 53.6 Å². The minimum absolute atomic E-state index is 0.0456. The van der Waals surface area contributed by atoms with Gasteiger partial charge < -0.3 is 19.5 Å². The first-order valence-corrected chi connectivity index (χ1v) is 9.77. The number of aliphatic hydroxyl groups excluding tert-OH is 1. The fraction of sp³-hybridized carbons (Fsp3) is 0.348. The van der Waals surface area contributed by atoms with Gasteiger partial charge in [0.2, 0.25) is 5.56 Å².